The second-order valence-corrected chi connectivity index (χ2v) is 10.0. The second kappa shape index (κ2) is 9.97. The van der Waals surface area contributed by atoms with E-state index in [0.717, 1.165) is 49.2 Å². The second-order valence-electron chi connectivity index (χ2n) is 9.20. The van der Waals surface area contributed by atoms with E-state index < -0.39 is 6.10 Å². The number of aliphatic hydroxyl groups is 1. The van der Waals surface area contributed by atoms with Crippen LogP contribution in [-0.4, -0.2) is 27.7 Å². The summed E-state index contributed by atoms with van der Waals surface area (Å²) in [5.41, 5.74) is 3.38. The molecule has 4 rings (SSSR count). The molecule has 31 heavy (non-hydrogen) atoms. The molecule has 1 aromatic heterocycles. The number of nitrogens with zero attached hydrogens (tertiary/aromatic N) is 1. The summed E-state index contributed by atoms with van der Waals surface area (Å²) in [5, 5.41) is 14.6. The summed E-state index contributed by atoms with van der Waals surface area (Å²) >= 11 is 12.8. The van der Waals surface area contributed by atoms with Crippen LogP contribution >= 0.6 is 23.2 Å². The Morgan fingerprint density at radius 3 is 2.52 bits per heavy atom. The highest BCUT2D eigenvalue weighted by atomic mass is 35.5. The molecular weight excluding hydrogens is 431 g/mol. The maximum atomic E-state index is 13.2. The van der Waals surface area contributed by atoms with Gasteiger partial charge in [0.15, 0.2) is 0 Å². The van der Waals surface area contributed by atoms with Gasteiger partial charge in [-0.25, -0.2) is 0 Å². The highest BCUT2D eigenvalue weighted by molar-refractivity contribution is 6.35. The van der Waals surface area contributed by atoms with Crippen LogP contribution in [0, 0.1) is 12.8 Å². The lowest BCUT2D eigenvalue weighted by molar-refractivity contribution is 0.0716. The number of nitrogens with one attached hydrogen (secondary N) is 1. The molecule has 2 aliphatic rings. The lowest BCUT2D eigenvalue weighted by atomic mass is 9.89. The molecule has 1 heterocycles. The van der Waals surface area contributed by atoms with E-state index in [4.69, 9.17) is 23.2 Å². The van der Waals surface area contributed by atoms with Crippen LogP contribution < -0.4 is 5.32 Å². The van der Waals surface area contributed by atoms with E-state index >= 15 is 0 Å². The molecule has 0 radical (unpaired) electrons. The number of benzene rings is 1. The van der Waals surface area contributed by atoms with E-state index in [1.807, 2.05) is 25.1 Å². The smallest absolute Gasteiger partial charge is 0.253 e. The fraction of sp³-hybridized carbons (Fsp3) is 0.560. The van der Waals surface area contributed by atoms with Crippen molar-refractivity contribution in [1.29, 1.82) is 0 Å². The quantitative estimate of drug-likeness (QED) is 0.540. The molecule has 2 atom stereocenters. The van der Waals surface area contributed by atoms with Gasteiger partial charge in [-0.2, -0.15) is 0 Å². The molecule has 6 heteroatoms. The average Bonchev–Trinajstić information content (AvgIpc) is 3.08. The Bertz CT molecular complexity index is 934. The van der Waals surface area contributed by atoms with Gasteiger partial charge in [0.25, 0.3) is 5.91 Å². The summed E-state index contributed by atoms with van der Waals surface area (Å²) in [6.07, 6.45) is 9.43. The monoisotopic (exact) mass is 462 g/mol. The van der Waals surface area contributed by atoms with Crippen molar-refractivity contribution in [1.82, 2.24) is 9.88 Å². The van der Waals surface area contributed by atoms with Gasteiger partial charge in [-0.1, -0.05) is 55.3 Å². The van der Waals surface area contributed by atoms with Gasteiger partial charge in [-0.05, 0) is 62.8 Å². The summed E-state index contributed by atoms with van der Waals surface area (Å²) in [4.78, 5) is 13.2. The number of amides is 1. The predicted molar refractivity (Wildman–Crippen MR) is 127 cm³/mol. The molecule has 2 N–H and O–H groups in total. The van der Waals surface area contributed by atoms with E-state index in [0.29, 0.717) is 21.5 Å². The molecule has 4 nitrogen and oxygen atoms in total. The van der Waals surface area contributed by atoms with Crippen LogP contribution in [0.4, 0.5) is 0 Å². The predicted octanol–water partition coefficient (Wildman–Crippen LogP) is 6.38. The molecule has 0 aliphatic heterocycles. The molecular formula is C25H32Cl2N2O2. The number of halogens is 2. The number of aromatic nitrogens is 1. The van der Waals surface area contributed by atoms with Crippen molar-refractivity contribution in [2.75, 3.05) is 0 Å². The Balaban J connectivity index is 1.68. The molecule has 2 unspecified atom stereocenters. The minimum Gasteiger partial charge on any atom is -0.391 e. The summed E-state index contributed by atoms with van der Waals surface area (Å²) in [6, 6.07) is 7.24. The van der Waals surface area contributed by atoms with Gasteiger partial charge in [0.2, 0.25) is 0 Å². The molecule has 2 aromatic rings. The van der Waals surface area contributed by atoms with Crippen molar-refractivity contribution < 1.29 is 9.90 Å². The summed E-state index contributed by atoms with van der Waals surface area (Å²) in [5.74, 6) is 0.484. The van der Waals surface area contributed by atoms with Crippen LogP contribution in [-0.2, 0) is 6.54 Å². The number of hydrogen-bond donors (Lipinski definition) is 2. The van der Waals surface area contributed by atoms with Crippen LogP contribution in [0.25, 0.3) is 11.3 Å². The number of aliphatic hydroxyl groups excluding tert-OH is 1. The minimum absolute atomic E-state index is 0.120. The van der Waals surface area contributed by atoms with Gasteiger partial charge in [0.1, 0.15) is 0 Å². The summed E-state index contributed by atoms with van der Waals surface area (Å²) < 4.78 is 2.25. The topological polar surface area (TPSA) is 54.3 Å². The zero-order valence-corrected chi connectivity index (χ0v) is 19.7. The van der Waals surface area contributed by atoms with Gasteiger partial charge >= 0.3 is 0 Å². The summed E-state index contributed by atoms with van der Waals surface area (Å²) in [7, 11) is 0. The molecule has 2 fully saturated rings. The number of carbonyl (C=O) groups excluding carboxylic acids is 1. The minimum atomic E-state index is -0.468. The molecule has 1 amide bonds. The van der Waals surface area contributed by atoms with Crippen molar-refractivity contribution in [3.8, 4) is 11.3 Å². The first kappa shape index (κ1) is 22.7. The Morgan fingerprint density at radius 1 is 1.06 bits per heavy atom. The molecule has 0 bridgehead atoms. The van der Waals surface area contributed by atoms with Crippen molar-refractivity contribution in [3.63, 3.8) is 0 Å². The van der Waals surface area contributed by atoms with Crippen LogP contribution in [0.3, 0.4) is 0 Å². The number of hydrogen-bond acceptors (Lipinski definition) is 2. The van der Waals surface area contributed by atoms with Crippen molar-refractivity contribution in [3.05, 3.63) is 45.6 Å². The molecule has 0 saturated heterocycles. The molecule has 0 spiro atoms. The molecule has 2 saturated carbocycles. The Kier molecular flexibility index (Phi) is 7.30. The molecule has 168 valence electrons. The Hall–Kier alpha value is -1.49. The van der Waals surface area contributed by atoms with Gasteiger partial charge in [-0.3, -0.25) is 4.79 Å². The van der Waals surface area contributed by atoms with Crippen molar-refractivity contribution in [2.45, 2.75) is 83.4 Å². The third-order valence-electron chi connectivity index (χ3n) is 7.03. The van der Waals surface area contributed by atoms with Gasteiger partial charge in [0.05, 0.1) is 23.4 Å². The van der Waals surface area contributed by atoms with E-state index in [2.05, 4.69) is 9.88 Å². The lowest BCUT2D eigenvalue weighted by Crippen LogP contribution is -2.45. The Labute approximate surface area is 194 Å². The third-order valence-corrected chi connectivity index (χ3v) is 7.59. The van der Waals surface area contributed by atoms with Crippen molar-refractivity contribution in [2.24, 2.45) is 5.92 Å². The zero-order valence-electron chi connectivity index (χ0n) is 18.2. The molecule has 2 aliphatic carbocycles. The van der Waals surface area contributed by atoms with Crippen LogP contribution in [0.2, 0.25) is 10.0 Å². The summed E-state index contributed by atoms with van der Waals surface area (Å²) in [6.45, 7) is 2.89. The highest BCUT2D eigenvalue weighted by Crippen LogP contribution is 2.36. The first-order valence-electron chi connectivity index (χ1n) is 11.6. The lowest BCUT2D eigenvalue weighted by Gasteiger charge is -2.28. The van der Waals surface area contributed by atoms with Crippen LogP contribution in [0.15, 0.2) is 24.3 Å². The Morgan fingerprint density at radius 2 is 1.77 bits per heavy atom. The van der Waals surface area contributed by atoms with Crippen LogP contribution in [0.5, 0.6) is 0 Å². The third kappa shape index (κ3) is 5.13. The highest BCUT2D eigenvalue weighted by Gasteiger charge is 2.28. The maximum Gasteiger partial charge on any atom is 0.253 e. The first-order chi connectivity index (χ1) is 14.9. The number of rotatable bonds is 5. The normalized spacial score (nSPS) is 22.5. The molecule has 1 aromatic carbocycles. The van der Waals surface area contributed by atoms with Crippen LogP contribution in [0.1, 0.15) is 73.8 Å². The largest absolute Gasteiger partial charge is 0.391 e. The van der Waals surface area contributed by atoms with Gasteiger partial charge in [0, 0.05) is 27.8 Å². The first-order valence-corrected chi connectivity index (χ1v) is 12.3. The van der Waals surface area contributed by atoms with E-state index in [1.165, 1.54) is 32.1 Å². The van der Waals surface area contributed by atoms with Gasteiger partial charge in [-0.15, -0.1) is 0 Å². The fourth-order valence-electron chi connectivity index (χ4n) is 5.18. The van der Waals surface area contributed by atoms with Crippen molar-refractivity contribution >= 4 is 29.1 Å². The standard InChI is InChI=1S/C25H32Cl2N2O2/c1-16-19(25(31)28-22-9-5-6-10-24(22)30)14-23(20-13-18(26)11-12-21(20)27)29(16)15-17-7-3-2-4-8-17/h11-14,17,22,24,30H,2-10,15H2,1H3,(H,28,31). The maximum absolute atomic E-state index is 13.2. The van der Waals surface area contributed by atoms with Gasteiger partial charge < -0.3 is 15.0 Å². The number of carbonyl (C=O) groups is 1. The zero-order chi connectivity index (χ0) is 22.0. The SMILES string of the molecule is Cc1c(C(=O)NC2CCCCC2O)cc(-c2cc(Cl)ccc2Cl)n1CC1CCCCC1. The fourth-order valence-corrected chi connectivity index (χ4v) is 5.57. The van der Waals surface area contributed by atoms with E-state index in [-0.39, 0.29) is 11.9 Å². The average molecular weight is 463 g/mol. The van der Waals surface area contributed by atoms with E-state index in [1.54, 1.807) is 6.07 Å². The van der Waals surface area contributed by atoms with E-state index in [9.17, 15) is 9.90 Å².